The fourth-order valence-electron chi connectivity index (χ4n) is 3.61. The van der Waals surface area contributed by atoms with Crippen molar-refractivity contribution < 1.29 is 24.1 Å². The Balaban J connectivity index is 1.91. The van der Waals surface area contributed by atoms with Crippen molar-refractivity contribution in [3.05, 3.63) is 67.3 Å². The molecule has 0 bridgehead atoms. The lowest BCUT2D eigenvalue weighted by atomic mass is 10.1. The van der Waals surface area contributed by atoms with Crippen LogP contribution in [-0.2, 0) is 0 Å². The molecule has 0 N–H and O–H groups in total. The number of carbonyl (C=O) groups is 1. The first kappa shape index (κ1) is 24.1. The third kappa shape index (κ3) is 5.43. The van der Waals surface area contributed by atoms with Gasteiger partial charge in [-0.25, -0.2) is 4.79 Å². The Labute approximate surface area is 195 Å². The number of nitrogens with zero attached hydrogens (tertiary/aromatic N) is 3. The van der Waals surface area contributed by atoms with E-state index in [-0.39, 0.29) is 22.6 Å². The molecule has 1 fully saturated rings. The average molecular weight is 474 g/mol. The van der Waals surface area contributed by atoms with Gasteiger partial charge in [0.05, 0.1) is 22.0 Å². The summed E-state index contributed by atoms with van der Waals surface area (Å²) in [5.74, 6) is -0.620. The van der Waals surface area contributed by atoms with Crippen molar-refractivity contribution in [2.45, 2.75) is 33.1 Å². The van der Waals surface area contributed by atoms with Crippen LogP contribution in [0, 0.1) is 27.2 Å². The van der Waals surface area contributed by atoms with E-state index in [4.69, 9.17) is 21.7 Å². The second-order valence-corrected chi connectivity index (χ2v) is 7.88. The van der Waals surface area contributed by atoms with Crippen molar-refractivity contribution in [3.63, 3.8) is 0 Å². The van der Waals surface area contributed by atoms with Crippen molar-refractivity contribution in [2.24, 2.45) is 0 Å². The van der Waals surface area contributed by atoms with Crippen molar-refractivity contribution in [1.82, 2.24) is 4.90 Å². The van der Waals surface area contributed by atoms with Crippen LogP contribution < -0.4 is 9.47 Å². The summed E-state index contributed by atoms with van der Waals surface area (Å²) >= 11 is 5.62. The molecule has 2 aromatic rings. The molecule has 1 saturated heterocycles. The number of ether oxygens (including phenoxy) is 2. The van der Waals surface area contributed by atoms with Crippen LogP contribution in [-0.4, -0.2) is 45.4 Å². The van der Waals surface area contributed by atoms with E-state index >= 15 is 0 Å². The van der Waals surface area contributed by atoms with E-state index in [1.807, 2.05) is 0 Å². The van der Waals surface area contributed by atoms with Gasteiger partial charge in [0.1, 0.15) is 10.6 Å². The number of likely N-dealkylation sites (tertiary alicyclic amines) is 1. The third-order valence-corrected chi connectivity index (χ3v) is 5.81. The second kappa shape index (κ2) is 10.3. The minimum Gasteiger partial charge on any atom is -0.490 e. The normalized spacial score (nSPS) is 13.3. The highest BCUT2D eigenvalue weighted by atomic mass is 32.1. The minimum absolute atomic E-state index is 0.0814. The maximum atomic E-state index is 12.7. The van der Waals surface area contributed by atoms with Crippen molar-refractivity contribution in [3.8, 4) is 11.5 Å². The second-order valence-electron chi connectivity index (χ2n) is 7.49. The van der Waals surface area contributed by atoms with Crippen molar-refractivity contribution in [1.29, 1.82) is 0 Å². The molecular formula is C22H23N3O7S. The van der Waals surface area contributed by atoms with E-state index in [0.29, 0.717) is 11.6 Å². The van der Waals surface area contributed by atoms with Crippen LogP contribution in [0.2, 0.25) is 0 Å². The zero-order valence-corrected chi connectivity index (χ0v) is 19.1. The maximum Gasteiger partial charge on any atom is 0.344 e. The van der Waals surface area contributed by atoms with Gasteiger partial charge >= 0.3 is 5.97 Å². The molecule has 2 aromatic carbocycles. The molecule has 11 heteroatoms. The monoisotopic (exact) mass is 473 g/mol. The van der Waals surface area contributed by atoms with Gasteiger partial charge in [-0.15, -0.1) is 0 Å². The standard InChI is InChI=1S/C22H23N3O7S/c1-3-31-20-13-15(21(33)23-9-5-4-6-10-23)7-8-19(20)32-22(26)16-11-17(24(27)28)14(2)18(12-16)25(29)30/h7-8,11-13H,3-6,9-10H2,1-2H3. The molecule has 1 heterocycles. The number of benzene rings is 2. The number of hydrogen-bond donors (Lipinski definition) is 0. The zero-order valence-electron chi connectivity index (χ0n) is 18.2. The van der Waals surface area contributed by atoms with E-state index in [9.17, 15) is 25.0 Å². The molecule has 0 aliphatic carbocycles. The Morgan fingerprint density at radius 3 is 2.15 bits per heavy atom. The molecule has 1 aliphatic heterocycles. The molecule has 0 radical (unpaired) electrons. The van der Waals surface area contributed by atoms with E-state index in [1.54, 1.807) is 19.1 Å². The molecule has 1 aliphatic rings. The van der Waals surface area contributed by atoms with Gasteiger partial charge in [-0.2, -0.15) is 0 Å². The Kier molecular flexibility index (Phi) is 7.54. The van der Waals surface area contributed by atoms with Crippen LogP contribution >= 0.6 is 12.2 Å². The fourth-order valence-corrected chi connectivity index (χ4v) is 3.92. The maximum absolute atomic E-state index is 12.7. The highest BCUT2D eigenvalue weighted by Gasteiger charge is 2.27. The van der Waals surface area contributed by atoms with Gasteiger partial charge < -0.3 is 14.4 Å². The first-order valence-electron chi connectivity index (χ1n) is 10.4. The highest BCUT2D eigenvalue weighted by Crippen LogP contribution is 2.33. The molecular weight excluding hydrogens is 450 g/mol. The zero-order chi connectivity index (χ0) is 24.1. The van der Waals surface area contributed by atoms with E-state index in [0.717, 1.165) is 43.6 Å². The quantitative estimate of drug-likeness (QED) is 0.187. The van der Waals surface area contributed by atoms with Gasteiger partial charge in [-0.3, -0.25) is 20.2 Å². The summed E-state index contributed by atoms with van der Waals surface area (Å²) < 4.78 is 11.0. The molecule has 0 unspecified atom stereocenters. The summed E-state index contributed by atoms with van der Waals surface area (Å²) in [5.41, 5.74) is -0.787. The highest BCUT2D eigenvalue weighted by molar-refractivity contribution is 7.80. The summed E-state index contributed by atoms with van der Waals surface area (Å²) in [7, 11) is 0. The molecule has 0 aromatic heterocycles. The van der Waals surface area contributed by atoms with E-state index in [1.165, 1.54) is 19.4 Å². The number of nitro benzene ring substituents is 2. The number of rotatable bonds is 7. The van der Waals surface area contributed by atoms with Crippen molar-refractivity contribution >= 4 is 34.6 Å². The Bertz CT molecular complexity index is 1080. The largest absolute Gasteiger partial charge is 0.490 e. The summed E-state index contributed by atoms with van der Waals surface area (Å²) in [6.07, 6.45) is 3.32. The molecule has 0 amide bonds. The van der Waals surface area contributed by atoms with Gasteiger partial charge in [0.2, 0.25) is 0 Å². The first-order chi connectivity index (χ1) is 15.7. The summed E-state index contributed by atoms with van der Waals surface area (Å²) in [5, 5.41) is 22.6. The van der Waals surface area contributed by atoms with Crippen LogP contribution in [0.3, 0.4) is 0 Å². The minimum atomic E-state index is -0.978. The smallest absolute Gasteiger partial charge is 0.344 e. The predicted octanol–water partition coefficient (Wildman–Crippen LogP) is 4.59. The van der Waals surface area contributed by atoms with Crippen LogP contribution in [0.25, 0.3) is 0 Å². The summed E-state index contributed by atoms with van der Waals surface area (Å²) in [6, 6.07) is 6.85. The Morgan fingerprint density at radius 2 is 1.61 bits per heavy atom. The van der Waals surface area contributed by atoms with Gasteiger partial charge in [-0.05, 0) is 51.3 Å². The fraction of sp³-hybridized carbons (Fsp3) is 0.364. The topological polar surface area (TPSA) is 125 Å². The molecule has 174 valence electrons. The lowest BCUT2D eigenvalue weighted by molar-refractivity contribution is -0.395. The number of piperidine rings is 1. The van der Waals surface area contributed by atoms with Crippen LogP contribution in [0.5, 0.6) is 11.5 Å². The molecule has 0 saturated carbocycles. The van der Waals surface area contributed by atoms with Crippen molar-refractivity contribution in [2.75, 3.05) is 19.7 Å². The summed E-state index contributed by atoms with van der Waals surface area (Å²) in [6.45, 7) is 5.08. The summed E-state index contributed by atoms with van der Waals surface area (Å²) in [4.78, 5) is 36.6. The van der Waals surface area contributed by atoms with Crippen LogP contribution in [0.15, 0.2) is 30.3 Å². The molecule has 0 spiro atoms. The van der Waals surface area contributed by atoms with E-state index in [2.05, 4.69) is 4.90 Å². The Hall–Kier alpha value is -3.60. The van der Waals surface area contributed by atoms with Crippen LogP contribution in [0.1, 0.15) is 47.7 Å². The number of hydrogen-bond acceptors (Lipinski definition) is 8. The lowest BCUT2D eigenvalue weighted by Gasteiger charge is -2.29. The number of nitro groups is 2. The first-order valence-corrected chi connectivity index (χ1v) is 10.9. The Morgan fingerprint density at radius 1 is 1.00 bits per heavy atom. The van der Waals surface area contributed by atoms with Gasteiger partial charge in [0.25, 0.3) is 11.4 Å². The molecule has 3 rings (SSSR count). The number of thiocarbonyl (C=S) groups is 1. The van der Waals surface area contributed by atoms with E-state index < -0.39 is 27.2 Å². The molecule has 33 heavy (non-hydrogen) atoms. The lowest BCUT2D eigenvalue weighted by Crippen LogP contribution is -2.34. The van der Waals surface area contributed by atoms with Gasteiger partial charge in [0, 0.05) is 30.8 Å². The SMILES string of the molecule is CCOc1cc(C(=S)N2CCCCC2)ccc1OC(=O)c1cc([N+](=O)[O-])c(C)c([N+](=O)[O-])c1. The number of esters is 1. The molecule has 10 nitrogen and oxygen atoms in total. The average Bonchev–Trinajstić information content (AvgIpc) is 2.80. The molecule has 0 atom stereocenters. The third-order valence-electron chi connectivity index (χ3n) is 5.32. The van der Waals surface area contributed by atoms with Gasteiger partial charge in [0.15, 0.2) is 11.5 Å². The predicted molar refractivity (Wildman–Crippen MR) is 124 cm³/mol. The number of carbonyl (C=O) groups excluding carboxylic acids is 1. The van der Waals surface area contributed by atoms with Gasteiger partial charge in [-0.1, -0.05) is 12.2 Å². The van der Waals surface area contributed by atoms with Crippen LogP contribution in [0.4, 0.5) is 11.4 Å².